The van der Waals surface area contributed by atoms with Gasteiger partial charge in [-0.15, -0.1) is 0 Å². The lowest BCUT2D eigenvalue weighted by Gasteiger charge is -2.29. The van der Waals surface area contributed by atoms with Gasteiger partial charge in [0.05, 0.1) is 17.0 Å². The molecule has 0 spiro atoms. The smallest absolute Gasteiger partial charge is 0.227 e. The van der Waals surface area contributed by atoms with Gasteiger partial charge in [0.25, 0.3) is 0 Å². The van der Waals surface area contributed by atoms with Crippen molar-refractivity contribution in [2.24, 2.45) is 5.92 Å². The molecule has 122 valence electrons. The Labute approximate surface area is 136 Å². The molecule has 0 saturated carbocycles. The van der Waals surface area contributed by atoms with Gasteiger partial charge >= 0.3 is 0 Å². The summed E-state index contributed by atoms with van der Waals surface area (Å²) in [5, 5.41) is 3.42. The van der Waals surface area contributed by atoms with Crippen LogP contribution in [0.2, 0.25) is 5.02 Å². The highest BCUT2D eigenvalue weighted by Crippen LogP contribution is 2.29. The minimum absolute atomic E-state index is 0.0954. The van der Waals surface area contributed by atoms with E-state index in [0.29, 0.717) is 36.6 Å². The van der Waals surface area contributed by atoms with E-state index >= 15 is 0 Å². The Balaban J connectivity index is 2.03. The number of hydrogen-bond acceptors (Lipinski definition) is 3. The molecule has 0 aliphatic carbocycles. The van der Waals surface area contributed by atoms with Gasteiger partial charge in [0.2, 0.25) is 15.9 Å². The Bertz CT molecular complexity index is 657. The minimum atomic E-state index is -3.17. The van der Waals surface area contributed by atoms with Crippen molar-refractivity contribution < 1.29 is 13.2 Å². The first-order valence-electron chi connectivity index (χ1n) is 7.21. The molecule has 7 heteroatoms. The maximum atomic E-state index is 12.4. The normalized spacial score (nSPS) is 17.5. The van der Waals surface area contributed by atoms with Crippen LogP contribution in [0.5, 0.6) is 0 Å². The Morgan fingerprint density at radius 2 is 1.86 bits per heavy atom. The van der Waals surface area contributed by atoms with Gasteiger partial charge in [-0.25, -0.2) is 12.7 Å². The van der Waals surface area contributed by atoms with Crippen LogP contribution in [0, 0.1) is 19.8 Å². The SMILES string of the molecule is Cc1cc(C)c(NC(=O)C2CCN(S(C)(=O)=O)CC2)c(Cl)c1. The number of piperidine rings is 1. The first-order valence-corrected chi connectivity index (χ1v) is 9.44. The van der Waals surface area contributed by atoms with Gasteiger partial charge in [0, 0.05) is 19.0 Å². The first kappa shape index (κ1) is 17.2. The van der Waals surface area contributed by atoms with E-state index in [1.807, 2.05) is 26.0 Å². The van der Waals surface area contributed by atoms with Crippen molar-refractivity contribution in [3.05, 3.63) is 28.3 Å². The number of halogens is 1. The molecule has 0 bridgehead atoms. The van der Waals surface area contributed by atoms with Gasteiger partial charge in [-0.3, -0.25) is 4.79 Å². The average Bonchev–Trinajstić information content (AvgIpc) is 2.41. The van der Waals surface area contributed by atoms with Crippen molar-refractivity contribution in [1.29, 1.82) is 0 Å². The van der Waals surface area contributed by atoms with Crippen molar-refractivity contribution in [1.82, 2.24) is 4.31 Å². The van der Waals surface area contributed by atoms with E-state index in [1.165, 1.54) is 10.6 Å². The summed E-state index contributed by atoms with van der Waals surface area (Å²) in [6.07, 6.45) is 2.26. The second-order valence-electron chi connectivity index (χ2n) is 5.86. The zero-order valence-corrected chi connectivity index (χ0v) is 14.6. The minimum Gasteiger partial charge on any atom is -0.324 e. The molecular formula is C15H21ClN2O3S. The third-order valence-corrected chi connectivity index (χ3v) is 5.57. The topological polar surface area (TPSA) is 66.5 Å². The quantitative estimate of drug-likeness (QED) is 0.916. The highest BCUT2D eigenvalue weighted by molar-refractivity contribution is 7.88. The predicted octanol–water partition coefficient (Wildman–Crippen LogP) is 2.57. The number of anilines is 1. The van der Waals surface area contributed by atoms with Crippen LogP contribution >= 0.6 is 11.6 Å². The summed E-state index contributed by atoms with van der Waals surface area (Å²) < 4.78 is 24.4. The Morgan fingerprint density at radius 1 is 1.27 bits per heavy atom. The molecule has 1 aromatic rings. The van der Waals surface area contributed by atoms with Gasteiger partial charge in [-0.2, -0.15) is 0 Å². The third kappa shape index (κ3) is 4.00. The molecule has 1 aliphatic heterocycles. The van der Waals surface area contributed by atoms with Crippen molar-refractivity contribution in [3.8, 4) is 0 Å². The van der Waals surface area contributed by atoms with Crippen molar-refractivity contribution in [3.63, 3.8) is 0 Å². The lowest BCUT2D eigenvalue weighted by atomic mass is 9.97. The average molecular weight is 345 g/mol. The fourth-order valence-electron chi connectivity index (χ4n) is 2.75. The summed E-state index contributed by atoms with van der Waals surface area (Å²) in [5.41, 5.74) is 2.61. The van der Waals surface area contributed by atoms with Gasteiger partial charge in [-0.1, -0.05) is 17.7 Å². The van der Waals surface area contributed by atoms with Crippen LogP contribution in [0.1, 0.15) is 24.0 Å². The van der Waals surface area contributed by atoms with Crippen molar-refractivity contribution in [2.45, 2.75) is 26.7 Å². The Morgan fingerprint density at radius 3 is 2.36 bits per heavy atom. The Hall–Kier alpha value is -1.11. The number of nitrogens with one attached hydrogen (secondary N) is 1. The van der Waals surface area contributed by atoms with Gasteiger partial charge in [0.1, 0.15) is 0 Å². The largest absolute Gasteiger partial charge is 0.324 e. The predicted molar refractivity (Wildman–Crippen MR) is 88.7 cm³/mol. The number of sulfonamides is 1. The molecule has 1 aliphatic rings. The second kappa shape index (κ2) is 6.56. The summed E-state index contributed by atoms with van der Waals surface area (Å²) in [4.78, 5) is 12.4. The fraction of sp³-hybridized carbons (Fsp3) is 0.533. The lowest BCUT2D eigenvalue weighted by molar-refractivity contribution is -0.120. The Kier molecular flexibility index (Phi) is 5.14. The van der Waals surface area contributed by atoms with Crippen LogP contribution < -0.4 is 5.32 Å². The van der Waals surface area contributed by atoms with E-state index in [-0.39, 0.29) is 11.8 Å². The molecule has 0 atom stereocenters. The molecule has 1 heterocycles. The van der Waals surface area contributed by atoms with Crippen LogP contribution in [-0.4, -0.2) is 38.0 Å². The fourth-order valence-corrected chi connectivity index (χ4v) is 3.99. The molecule has 1 saturated heterocycles. The van der Waals surface area contributed by atoms with Crippen LogP contribution in [0.15, 0.2) is 12.1 Å². The van der Waals surface area contributed by atoms with Gasteiger partial charge in [-0.05, 0) is 43.9 Å². The maximum absolute atomic E-state index is 12.4. The van der Waals surface area contributed by atoms with E-state index in [9.17, 15) is 13.2 Å². The summed E-state index contributed by atoms with van der Waals surface area (Å²) in [6, 6.07) is 3.78. The van der Waals surface area contributed by atoms with Gasteiger partial charge < -0.3 is 5.32 Å². The molecule has 22 heavy (non-hydrogen) atoms. The first-order chi connectivity index (χ1) is 10.2. The van der Waals surface area contributed by atoms with E-state index in [4.69, 9.17) is 11.6 Å². The lowest BCUT2D eigenvalue weighted by Crippen LogP contribution is -2.40. The van der Waals surface area contributed by atoms with Crippen LogP contribution in [-0.2, 0) is 14.8 Å². The van der Waals surface area contributed by atoms with E-state index < -0.39 is 10.0 Å². The second-order valence-corrected chi connectivity index (χ2v) is 8.25. The highest BCUT2D eigenvalue weighted by atomic mass is 35.5. The molecule has 5 nitrogen and oxygen atoms in total. The number of aryl methyl sites for hydroxylation is 2. The standard InChI is InChI=1S/C15H21ClN2O3S/c1-10-8-11(2)14(13(16)9-10)17-15(19)12-4-6-18(7-5-12)22(3,20)21/h8-9,12H,4-7H2,1-3H3,(H,17,19). The molecular weight excluding hydrogens is 324 g/mol. The molecule has 0 radical (unpaired) electrons. The van der Waals surface area contributed by atoms with Crippen molar-refractivity contribution in [2.75, 3.05) is 24.7 Å². The summed E-state index contributed by atoms with van der Waals surface area (Å²) >= 11 is 6.20. The molecule has 1 N–H and O–H groups in total. The number of nitrogens with zero attached hydrogens (tertiary/aromatic N) is 1. The van der Waals surface area contributed by atoms with Crippen LogP contribution in [0.25, 0.3) is 0 Å². The number of benzene rings is 1. The zero-order chi connectivity index (χ0) is 16.5. The molecule has 0 aromatic heterocycles. The summed E-state index contributed by atoms with van der Waals surface area (Å²) in [5.74, 6) is -0.281. The third-order valence-electron chi connectivity index (χ3n) is 3.97. The van der Waals surface area contributed by atoms with Crippen LogP contribution in [0.3, 0.4) is 0 Å². The summed E-state index contributed by atoms with van der Waals surface area (Å²) in [7, 11) is -3.17. The molecule has 0 unspecified atom stereocenters. The van der Waals surface area contributed by atoms with E-state index in [2.05, 4.69) is 5.32 Å². The highest BCUT2D eigenvalue weighted by Gasteiger charge is 2.29. The number of rotatable bonds is 3. The van der Waals surface area contributed by atoms with E-state index in [1.54, 1.807) is 0 Å². The molecule has 1 fully saturated rings. The zero-order valence-electron chi connectivity index (χ0n) is 13.0. The van der Waals surface area contributed by atoms with E-state index in [0.717, 1.165) is 11.1 Å². The van der Waals surface area contributed by atoms with Gasteiger partial charge in [0.15, 0.2) is 0 Å². The monoisotopic (exact) mass is 344 g/mol. The number of carbonyl (C=O) groups excluding carboxylic acids is 1. The summed E-state index contributed by atoms with van der Waals surface area (Å²) in [6.45, 7) is 4.63. The molecule has 1 aromatic carbocycles. The number of amides is 1. The number of hydrogen-bond donors (Lipinski definition) is 1. The molecule has 2 rings (SSSR count). The number of carbonyl (C=O) groups is 1. The maximum Gasteiger partial charge on any atom is 0.227 e. The van der Waals surface area contributed by atoms with Crippen LogP contribution in [0.4, 0.5) is 5.69 Å². The molecule has 1 amide bonds. The van der Waals surface area contributed by atoms with Crippen molar-refractivity contribution >= 4 is 33.2 Å².